The average Bonchev–Trinajstić information content (AvgIpc) is 0.807. The summed E-state index contributed by atoms with van der Waals surface area (Å²) in [5.74, 6) is 10.2. The second kappa shape index (κ2) is 56.5. The van der Waals surface area contributed by atoms with Crippen LogP contribution in [0.1, 0.15) is 251 Å². The van der Waals surface area contributed by atoms with E-state index in [9.17, 15) is 0 Å². The van der Waals surface area contributed by atoms with Gasteiger partial charge in [0.2, 0.25) is 0 Å². The Balaban J connectivity index is 0.000000166. The van der Waals surface area contributed by atoms with Crippen molar-refractivity contribution in [3.8, 4) is 126 Å². The zero-order valence-corrected chi connectivity index (χ0v) is 84.5. The molecule has 716 valence electrons. The molecule has 0 aliphatic rings. The molecule has 9 heterocycles. The summed E-state index contributed by atoms with van der Waals surface area (Å²) in [4.78, 5) is 80.8. The molecule has 0 unspecified atom stereocenters. The van der Waals surface area contributed by atoms with Crippen LogP contribution in [0.25, 0.3) is 101 Å². The summed E-state index contributed by atoms with van der Waals surface area (Å²) in [6, 6.07) is 89.3. The third-order valence-corrected chi connectivity index (χ3v) is 21.9. The Morgan fingerprint density at radius 3 is 0.818 bits per heavy atom. The van der Waals surface area contributed by atoms with Gasteiger partial charge in [-0.15, -0.1) is 0 Å². The highest BCUT2D eigenvalue weighted by atomic mass is 15.0. The van der Waals surface area contributed by atoms with Gasteiger partial charge in [-0.2, -0.15) is 21.0 Å². The Morgan fingerprint density at radius 1 is 0.182 bits per heavy atom. The van der Waals surface area contributed by atoms with Crippen molar-refractivity contribution in [2.24, 2.45) is 0 Å². The molecule has 18 aromatic rings. The summed E-state index contributed by atoms with van der Waals surface area (Å²) < 4.78 is 0. The molecule has 23 heteroatoms. The molecule has 0 saturated heterocycles. The van der Waals surface area contributed by atoms with Gasteiger partial charge in [-0.25, -0.2) is 94.7 Å². The molecule has 0 aliphatic heterocycles. The fraction of sp³-hybridized carbons (Fsp3) is 0.225. The molecule has 0 N–H and O–H groups in total. The lowest BCUT2D eigenvalue weighted by atomic mass is 10.00. The van der Waals surface area contributed by atoms with Gasteiger partial charge in [0, 0.05) is 160 Å². The van der Waals surface area contributed by atoms with Gasteiger partial charge in [-0.1, -0.05) is 301 Å². The van der Waals surface area contributed by atoms with E-state index in [0.29, 0.717) is 87.2 Å². The van der Waals surface area contributed by atoms with Crippen LogP contribution in [0.4, 0.5) is 0 Å². The molecule has 9 aromatic heterocycles. The molecule has 0 atom stereocenters. The van der Waals surface area contributed by atoms with Crippen molar-refractivity contribution >= 4 is 0 Å². The summed E-state index contributed by atoms with van der Waals surface area (Å²) >= 11 is 0. The second-order valence-corrected chi connectivity index (χ2v) is 35.9. The molecule has 143 heavy (non-hydrogen) atoms. The van der Waals surface area contributed by atoms with Gasteiger partial charge >= 0.3 is 0 Å². The molecule has 0 aliphatic carbocycles. The normalized spacial score (nSPS) is 10.4. The fourth-order valence-electron chi connectivity index (χ4n) is 13.2. The number of benzene rings is 9. The summed E-state index contributed by atoms with van der Waals surface area (Å²) in [5, 5.41) is 35.1. The van der Waals surface area contributed by atoms with Crippen molar-refractivity contribution < 1.29 is 0 Å². The van der Waals surface area contributed by atoms with Gasteiger partial charge < -0.3 is 0 Å². The van der Waals surface area contributed by atoms with Crippen molar-refractivity contribution in [3.63, 3.8) is 0 Å². The SMILES string of the molecule is CC(C)c1ccc(-c2cncnc2)cc1.CC(C)c1ccc(-c2ncccn2)cc1.CC(C)c1cnc(-c2ccc(C#N)cc2)nc1.CC(C)c1cnc(-c2cccc(C#N)c2)nc1.CC(C)c1cnc(-c2ccccc2)nc1.CC(C)c1nc(-c2ccccc2)cc(-c2ccccc2)n1.CC(C)c1ncc(-c2ccc(C#N)cc2)cn1.CC(C)c1ncc(-c2cccc(C#N)c2)cn1.CC(C)c1ncncn1. The maximum absolute atomic E-state index is 8.84. The van der Waals surface area contributed by atoms with Crippen LogP contribution < -0.4 is 0 Å². The van der Waals surface area contributed by atoms with Gasteiger partial charge in [0.05, 0.1) is 57.9 Å². The Labute approximate surface area is 842 Å². The van der Waals surface area contributed by atoms with Gasteiger partial charge in [0.15, 0.2) is 23.3 Å². The fourth-order valence-corrected chi connectivity index (χ4v) is 13.2. The molecule has 0 bridgehead atoms. The number of hydrogen-bond donors (Lipinski definition) is 0. The maximum atomic E-state index is 8.84. The average molecular weight is 1890 g/mol. The predicted molar refractivity (Wildman–Crippen MR) is 571 cm³/mol. The van der Waals surface area contributed by atoms with Crippen LogP contribution in [0.15, 0.2) is 354 Å². The Kier molecular flexibility index (Phi) is 42.5. The van der Waals surface area contributed by atoms with E-state index in [0.717, 1.165) is 119 Å². The minimum absolute atomic E-state index is 0.302. The number of rotatable bonds is 18. The summed E-state index contributed by atoms with van der Waals surface area (Å²) in [6.45, 7) is 38.1. The van der Waals surface area contributed by atoms with Gasteiger partial charge in [0.1, 0.15) is 42.3 Å². The molecule has 0 spiro atoms. The van der Waals surface area contributed by atoms with E-state index in [1.54, 1.807) is 73.6 Å². The highest BCUT2D eigenvalue weighted by Gasteiger charge is 2.15. The number of nitriles is 4. The summed E-state index contributed by atoms with van der Waals surface area (Å²) in [7, 11) is 0. The molecule has 18 rings (SSSR count). The second-order valence-electron chi connectivity index (χ2n) is 35.9. The molecule has 0 fully saturated rings. The number of nitrogens with zero attached hydrogens (tertiary/aromatic N) is 23. The van der Waals surface area contributed by atoms with Crippen molar-refractivity contribution in [3.05, 3.63) is 428 Å². The summed E-state index contributed by atoms with van der Waals surface area (Å²) in [5.41, 5.74) is 23.0. The van der Waals surface area contributed by atoms with E-state index >= 15 is 0 Å². The van der Waals surface area contributed by atoms with Crippen LogP contribution in [0.2, 0.25) is 0 Å². The lowest BCUT2D eigenvalue weighted by molar-refractivity contribution is 0.759. The van der Waals surface area contributed by atoms with Crippen LogP contribution in [-0.2, 0) is 0 Å². The predicted octanol–water partition coefficient (Wildman–Crippen LogP) is 28.3. The van der Waals surface area contributed by atoms with E-state index in [-0.39, 0.29) is 0 Å². The van der Waals surface area contributed by atoms with Crippen molar-refractivity contribution in [1.29, 1.82) is 21.0 Å². The van der Waals surface area contributed by atoms with E-state index < -0.39 is 0 Å². The smallest absolute Gasteiger partial charge is 0.159 e. The first kappa shape index (κ1) is 108. The largest absolute Gasteiger partial charge is 0.244 e. The standard InChI is InChI=1S/C19H18N2.4C14H13N3.3C13H14N2.C6H9N3/c1-14(2)19-20-17(15-9-5-3-6-10-15)13-18(21-19)16-11-7-4-8-12-16;1-10(2)14-16-8-13(9-17-14)12-5-3-11(7-15)4-6-12;1-10(2)13-8-16-14(17-9-13)12-5-3-11(7-15)4-6-12;1-10(2)14-16-8-13(9-17-14)12-5-3-4-11(6-12)7-15;1-10(2)13-8-16-14(17-9-13)12-5-3-4-11(6-12)7-15;1-10(2)11-4-6-12(7-5-11)13-14-8-3-9-15-13;1-10(2)11-3-5-12(6-4-11)13-7-14-9-15-8-13;1-10(2)12-8-14-13(15-9-12)11-6-4-3-5-7-11;1-5(2)6-8-3-7-4-9-6/h3-14H,1-2H3;4*3-6,8-10H,1-2H3;3*3-10H,1-2H3;3-5H,1-2H3. The van der Waals surface area contributed by atoms with Crippen molar-refractivity contribution in [2.75, 3.05) is 0 Å². The van der Waals surface area contributed by atoms with Gasteiger partial charge in [-0.05, 0) is 147 Å². The molecular formula is C120H121N23. The first-order chi connectivity index (χ1) is 69.2. The Morgan fingerprint density at radius 2 is 0.469 bits per heavy atom. The molecule has 23 nitrogen and oxygen atoms in total. The molecular weight excluding hydrogens is 1760 g/mol. The van der Waals surface area contributed by atoms with E-state index in [1.165, 1.54) is 34.9 Å². The van der Waals surface area contributed by atoms with Gasteiger partial charge in [0.25, 0.3) is 0 Å². The topological polar surface area (TPSA) is 340 Å². The molecule has 0 radical (unpaired) electrons. The molecule has 0 amide bonds. The Bertz CT molecular complexity index is 6510. The van der Waals surface area contributed by atoms with E-state index in [4.69, 9.17) is 31.0 Å². The zero-order valence-electron chi connectivity index (χ0n) is 84.5. The maximum Gasteiger partial charge on any atom is 0.159 e. The minimum Gasteiger partial charge on any atom is -0.244 e. The zero-order chi connectivity index (χ0) is 102. The first-order valence-corrected chi connectivity index (χ1v) is 47.7. The van der Waals surface area contributed by atoms with E-state index in [2.05, 4.69) is 312 Å². The summed E-state index contributed by atoms with van der Waals surface area (Å²) in [6.07, 6.45) is 30.2. The van der Waals surface area contributed by atoms with Crippen LogP contribution >= 0.6 is 0 Å². The van der Waals surface area contributed by atoms with Crippen molar-refractivity contribution in [1.82, 2.24) is 94.7 Å². The van der Waals surface area contributed by atoms with Gasteiger partial charge in [-0.3, -0.25) is 0 Å². The third kappa shape index (κ3) is 34.6. The quantitative estimate of drug-likeness (QED) is 0.0770. The molecule has 0 saturated carbocycles. The monoisotopic (exact) mass is 1880 g/mol. The highest BCUT2D eigenvalue weighted by Crippen LogP contribution is 2.30. The van der Waals surface area contributed by atoms with E-state index in [1.807, 2.05) is 189 Å². The Hall–Kier alpha value is -17.4. The lowest BCUT2D eigenvalue weighted by Crippen LogP contribution is -2.01. The highest BCUT2D eigenvalue weighted by molar-refractivity contribution is 5.69. The lowest BCUT2D eigenvalue weighted by Gasteiger charge is -2.10. The molecule has 9 aromatic carbocycles. The van der Waals surface area contributed by atoms with Crippen LogP contribution in [0, 0.1) is 45.3 Å². The number of aromatic nitrogens is 19. The van der Waals surface area contributed by atoms with Crippen LogP contribution in [0.5, 0.6) is 0 Å². The number of hydrogen-bond acceptors (Lipinski definition) is 23. The van der Waals surface area contributed by atoms with Crippen molar-refractivity contribution in [2.45, 2.75) is 178 Å². The first-order valence-electron chi connectivity index (χ1n) is 47.7. The third-order valence-electron chi connectivity index (χ3n) is 21.9. The minimum atomic E-state index is 0.302. The van der Waals surface area contributed by atoms with Crippen LogP contribution in [-0.4, -0.2) is 94.7 Å². The van der Waals surface area contributed by atoms with Crippen LogP contribution in [0.3, 0.4) is 0 Å².